The van der Waals surface area contributed by atoms with Gasteiger partial charge in [0.15, 0.2) is 5.88 Å². The third-order valence-electron chi connectivity index (χ3n) is 3.50. The number of halogens is 2. The number of H-pyrrole nitrogens is 1. The van der Waals surface area contributed by atoms with Crippen molar-refractivity contribution in [2.24, 2.45) is 4.99 Å². The monoisotopic (exact) mass is 316 g/mol. The second-order valence-electron chi connectivity index (χ2n) is 5.25. The first-order chi connectivity index (χ1) is 10.5. The Morgan fingerprint density at radius 1 is 1.23 bits per heavy atom. The topological polar surface area (TPSA) is 48.4 Å². The van der Waals surface area contributed by atoms with Gasteiger partial charge in [0.2, 0.25) is 0 Å². The van der Waals surface area contributed by atoms with E-state index in [1.807, 2.05) is 26.0 Å². The first-order valence-electron chi connectivity index (χ1n) is 6.76. The van der Waals surface area contributed by atoms with E-state index in [9.17, 15) is 9.50 Å². The Morgan fingerprint density at radius 3 is 2.73 bits per heavy atom. The van der Waals surface area contributed by atoms with Gasteiger partial charge in [-0.3, -0.25) is 4.99 Å². The molecule has 0 unspecified atom stereocenters. The van der Waals surface area contributed by atoms with Crippen LogP contribution in [0.25, 0.3) is 10.9 Å². The number of nitrogens with zero attached hydrogens (tertiary/aromatic N) is 1. The maximum absolute atomic E-state index is 13.4. The lowest BCUT2D eigenvalue weighted by Crippen LogP contribution is -1.84. The molecule has 0 bridgehead atoms. The number of fused-ring (bicyclic) bond motifs is 1. The summed E-state index contributed by atoms with van der Waals surface area (Å²) in [5.74, 6) is -0.420. The van der Waals surface area contributed by atoms with Gasteiger partial charge in [-0.05, 0) is 49.2 Å². The third kappa shape index (κ3) is 2.57. The SMILES string of the molecule is Cc1cc(C)c(N=Cc2c(O)[nH]c3ccc(F)cc23)c(Cl)c1. The van der Waals surface area contributed by atoms with Crippen LogP contribution in [0.15, 0.2) is 35.3 Å². The first kappa shape index (κ1) is 14.6. The minimum Gasteiger partial charge on any atom is -0.494 e. The van der Waals surface area contributed by atoms with Crippen molar-refractivity contribution >= 4 is 34.4 Å². The molecule has 0 spiro atoms. The van der Waals surface area contributed by atoms with Crippen molar-refractivity contribution in [2.45, 2.75) is 13.8 Å². The Morgan fingerprint density at radius 2 is 2.00 bits per heavy atom. The highest BCUT2D eigenvalue weighted by molar-refractivity contribution is 6.33. The Kier molecular flexibility index (Phi) is 3.62. The highest BCUT2D eigenvalue weighted by Crippen LogP contribution is 2.31. The molecule has 0 amide bonds. The number of nitrogens with one attached hydrogen (secondary N) is 1. The summed E-state index contributed by atoms with van der Waals surface area (Å²) in [4.78, 5) is 7.16. The number of aromatic hydroxyl groups is 1. The number of rotatable bonds is 2. The normalized spacial score (nSPS) is 11.6. The molecule has 0 saturated heterocycles. The largest absolute Gasteiger partial charge is 0.494 e. The molecule has 1 heterocycles. The van der Waals surface area contributed by atoms with Gasteiger partial charge in [-0.15, -0.1) is 0 Å². The number of aliphatic imine (C=N–C) groups is 1. The Hall–Kier alpha value is -2.33. The molecule has 1 aromatic heterocycles. The standard InChI is InChI=1S/C17H14ClFN2O/c1-9-5-10(2)16(14(18)6-9)20-8-13-12-7-11(19)3-4-15(12)21-17(13)22/h3-8,21-22H,1-2H3. The fourth-order valence-corrected chi connectivity index (χ4v) is 2.87. The smallest absolute Gasteiger partial charge is 0.198 e. The van der Waals surface area contributed by atoms with Crippen molar-refractivity contribution in [1.29, 1.82) is 0 Å². The van der Waals surface area contributed by atoms with Crippen LogP contribution in [0.1, 0.15) is 16.7 Å². The molecule has 3 aromatic rings. The summed E-state index contributed by atoms with van der Waals surface area (Å²) < 4.78 is 13.4. The summed E-state index contributed by atoms with van der Waals surface area (Å²) in [6.07, 6.45) is 1.50. The van der Waals surface area contributed by atoms with Crippen LogP contribution in [0.3, 0.4) is 0 Å². The summed E-state index contributed by atoms with van der Waals surface area (Å²) in [6.45, 7) is 3.88. The van der Waals surface area contributed by atoms with E-state index in [1.54, 1.807) is 6.07 Å². The predicted octanol–water partition coefficient (Wildman–Crippen LogP) is 5.03. The van der Waals surface area contributed by atoms with Crippen molar-refractivity contribution in [3.63, 3.8) is 0 Å². The lowest BCUT2D eigenvalue weighted by atomic mass is 10.1. The second-order valence-corrected chi connectivity index (χ2v) is 5.65. The maximum atomic E-state index is 13.4. The second kappa shape index (κ2) is 5.46. The van der Waals surface area contributed by atoms with Gasteiger partial charge in [0.05, 0.1) is 16.3 Å². The van der Waals surface area contributed by atoms with E-state index >= 15 is 0 Å². The van der Waals surface area contributed by atoms with E-state index < -0.39 is 0 Å². The van der Waals surface area contributed by atoms with Gasteiger partial charge in [-0.25, -0.2) is 4.39 Å². The molecule has 0 fully saturated rings. The van der Waals surface area contributed by atoms with E-state index in [-0.39, 0.29) is 11.7 Å². The van der Waals surface area contributed by atoms with Crippen LogP contribution in [-0.4, -0.2) is 16.3 Å². The van der Waals surface area contributed by atoms with Gasteiger partial charge in [0, 0.05) is 17.1 Å². The van der Waals surface area contributed by atoms with Crippen LogP contribution in [-0.2, 0) is 0 Å². The number of hydrogen-bond acceptors (Lipinski definition) is 2. The highest BCUT2D eigenvalue weighted by Gasteiger charge is 2.10. The molecule has 0 aliphatic heterocycles. The van der Waals surface area contributed by atoms with Gasteiger partial charge in [0.25, 0.3) is 0 Å². The molecule has 5 heteroatoms. The fraction of sp³-hybridized carbons (Fsp3) is 0.118. The maximum Gasteiger partial charge on any atom is 0.198 e. The lowest BCUT2D eigenvalue weighted by Gasteiger charge is -2.04. The van der Waals surface area contributed by atoms with Crippen molar-refractivity contribution in [2.75, 3.05) is 0 Å². The molecule has 112 valence electrons. The molecule has 22 heavy (non-hydrogen) atoms. The average molecular weight is 317 g/mol. The molecular formula is C17H14ClFN2O. The van der Waals surface area contributed by atoms with Crippen LogP contribution in [0.2, 0.25) is 5.02 Å². The summed E-state index contributed by atoms with van der Waals surface area (Å²) in [5, 5.41) is 11.1. The number of benzene rings is 2. The van der Waals surface area contributed by atoms with Crippen molar-refractivity contribution in [3.8, 4) is 5.88 Å². The molecule has 3 rings (SSSR count). The van der Waals surface area contributed by atoms with Crippen LogP contribution in [0, 0.1) is 19.7 Å². The Labute approximate surface area is 132 Å². The molecule has 0 radical (unpaired) electrons. The summed E-state index contributed by atoms with van der Waals surface area (Å²) in [6, 6.07) is 8.08. The zero-order valence-electron chi connectivity index (χ0n) is 12.1. The van der Waals surface area contributed by atoms with E-state index in [4.69, 9.17) is 11.6 Å². The van der Waals surface area contributed by atoms with Crippen LogP contribution < -0.4 is 0 Å². The lowest BCUT2D eigenvalue weighted by molar-refractivity contribution is 0.457. The third-order valence-corrected chi connectivity index (χ3v) is 3.79. The van der Waals surface area contributed by atoms with Crippen LogP contribution in [0.4, 0.5) is 10.1 Å². The van der Waals surface area contributed by atoms with Gasteiger partial charge in [-0.2, -0.15) is 0 Å². The fourth-order valence-electron chi connectivity index (χ4n) is 2.50. The summed E-state index contributed by atoms with van der Waals surface area (Å²) in [7, 11) is 0. The first-order valence-corrected chi connectivity index (χ1v) is 7.14. The molecule has 0 saturated carbocycles. The number of aromatic nitrogens is 1. The Bertz CT molecular complexity index is 876. The van der Waals surface area contributed by atoms with Gasteiger partial charge >= 0.3 is 0 Å². The molecule has 2 N–H and O–H groups in total. The highest BCUT2D eigenvalue weighted by atomic mass is 35.5. The zero-order valence-corrected chi connectivity index (χ0v) is 12.9. The van der Waals surface area contributed by atoms with Gasteiger partial charge < -0.3 is 10.1 Å². The summed E-state index contributed by atoms with van der Waals surface area (Å²) in [5.41, 5.74) is 3.71. The van der Waals surface area contributed by atoms with Gasteiger partial charge in [0.1, 0.15) is 5.82 Å². The van der Waals surface area contributed by atoms with Crippen molar-refractivity contribution in [1.82, 2.24) is 4.98 Å². The predicted molar refractivity (Wildman–Crippen MR) is 88.1 cm³/mol. The molecular weight excluding hydrogens is 303 g/mol. The minimum atomic E-state index is -0.370. The molecule has 0 aliphatic rings. The zero-order chi connectivity index (χ0) is 15.9. The Balaban J connectivity index is 2.10. The van der Waals surface area contributed by atoms with E-state index in [2.05, 4.69) is 9.98 Å². The van der Waals surface area contributed by atoms with Crippen molar-refractivity contribution < 1.29 is 9.50 Å². The summed E-state index contributed by atoms with van der Waals surface area (Å²) >= 11 is 6.21. The van der Waals surface area contributed by atoms with E-state index in [0.29, 0.717) is 27.2 Å². The number of hydrogen-bond donors (Lipinski definition) is 2. The van der Waals surface area contributed by atoms with Gasteiger partial charge in [-0.1, -0.05) is 17.7 Å². The van der Waals surface area contributed by atoms with Crippen LogP contribution in [0.5, 0.6) is 5.88 Å². The van der Waals surface area contributed by atoms with Crippen molar-refractivity contribution in [3.05, 3.63) is 57.9 Å². The number of aryl methyl sites for hydroxylation is 2. The quantitative estimate of drug-likeness (QED) is 0.640. The molecule has 2 aromatic carbocycles. The number of aromatic amines is 1. The molecule has 0 aliphatic carbocycles. The molecule has 3 nitrogen and oxygen atoms in total. The van der Waals surface area contributed by atoms with Crippen LogP contribution >= 0.6 is 11.6 Å². The molecule has 0 atom stereocenters. The van der Waals surface area contributed by atoms with E-state index in [1.165, 1.54) is 18.3 Å². The van der Waals surface area contributed by atoms with E-state index in [0.717, 1.165) is 11.1 Å². The average Bonchev–Trinajstić information content (AvgIpc) is 2.73. The minimum absolute atomic E-state index is 0.0507.